The van der Waals surface area contributed by atoms with E-state index < -0.39 is 18.6 Å². The van der Waals surface area contributed by atoms with E-state index in [0.29, 0.717) is 6.61 Å². The quantitative estimate of drug-likeness (QED) is 0.836. The molecule has 3 N–H and O–H groups in total. The molecule has 0 spiro atoms. The van der Waals surface area contributed by atoms with Crippen molar-refractivity contribution in [2.24, 2.45) is 0 Å². The van der Waals surface area contributed by atoms with Crippen molar-refractivity contribution in [1.82, 2.24) is 9.97 Å². The van der Waals surface area contributed by atoms with E-state index in [1.54, 1.807) is 0 Å². The van der Waals surface area contributed by atoms with Gasteiger partial charge in [-0.1, -0.05) is 6.92 Å². The number of nitrogens with zero attached hydrogens (tertiary/aromatic N) is 2. The number of nitrogens with one attached hydrogen (secondary N) is 1. The van der Waals surface area contributed by atoms with Crippen molar-refractivity contribution in [1.29, 1.82) is 0 Å². The van der Waals surface area contributed by atoms with Gasteiger partial charge in [-0.3, -0.25) is 0 Å². The number of aromatic nitrogens is 2. The van der Waals surface area contributed by atoms with Crippen LogP contribution in [0.25, 0.3) is 0 Å². The fourth-order valence-electron chi connectivity index (χ4n) is 1.44. The molecule has 0 saturated heterocycles. The minimum atomic E-state index is -4.24. The highest BCUT2D eigenvalue weighted by molar-refractivity contribution is 5.66. The molecule has 108 valence electrons. The van der Waals surface area contributed by atoms with Gasteiger partial charge in [0.2, 0.25) is 5.88 Å². The number of hydrogen-bond acceptors (Lipinski definition) is 5. The van der Waals surface area contributed by atoms with Crippen LogP contribution in [-0.2, 0) is 0 Å². The molecule has 0 aliphatic rings. The topological polar surface area (TPSA) is 73.1 Å². The number of nitrogen functional groups attached to an aromatic ring is 1. The van der Waals surface area contributed by atoms with Gasteiger partial charge in [0.25, 0.3) is 0 Å². The Bertz CT molecular complexity index is 411. The Balaban J connectivity index is 2.73. The van der Waals surface area contributed by atoms with E-state index in [-0.39, 0.29) is 17.4 Å². The first kappa shape index (κ1) is 15.3. The smallest absolute Gasteiger partial charge is 0.391 e. The lowest BCUT2D eigenvalue weighted by Gasteiger charge is -2.18. The van der Waals surface area contributed by atoms with Gasteiger partial charge in [-0.25, -0.2) is 4.98 Å². The second-order valence-electron chi connectivity index (χ2n) is 4.15. The van der Waals surface area contributed by atoms with E-state index in [0.717, 1.165) is 6.42 Å². The monoisotopic (exact) mass is 278 g/mol. The lowest BCUT2D eigenvalue weighted by Crippen LogP contribution is -2.25. The van der Waals surface area contributed by atoms with Gasteiger partial charge in [-0.05, 0) is 13.3 Å². The Morgan fingerprint density at radius 3 is 2.68 bits per heavy atom. The molecular weight excluding hydrogens is 261 g/mol. The molecule has 0 fully saturated rings. The summed E-state index contributed by atoms with van der Waals surface area (Å²) in [6.45, 7) is 3.75. The van der Waals surface area contributed by atoms with Crippen LogP contribution in [0.15, 0.2) is 6.33 Å². The zero-order valence-electron chi connectivity index (χ0n) is 10.8. The molecule has 1 rings (SSSR count). The Hall–Kier alpha value is -1.73. The first-order valence-electron chi connectivity index (χ1n) is 5.90. The van der Waals surface area contributed by atoms with Crippen molar-refractivity contribution in [3.63, 3.8) is 0 Å². The molecule has 0 aliphatic heterocycles. The summed E-state index contributed by atoms with van der Waals surface area (Å²) in [5.74, 6) is 0.330. The number of halogens is 3. The van der Waals surface area contributed by atoms with Crippen molar-refractivity contribution >= 4 is 11.5 Å². The average Bonchev–Trinajstić information content (AvgIpc) is 2.28. The summed E-state index contributed by atoms with van der Waals surface area (Å²) in [4.78, 5) is 7.66. The molecule has 5 nitrogen and oxygen atoms in total. The molecule has 0 aliphatic carbocycles. The second-order valence-corrected chi connectivity index (χ2v) is 4.15. The zero-order valence-corrected chi connectivity index (χ0v) is 10.8. The summed E-state index contributed by atoms with van der Waals surface area (Å²) in [5, 5.41) is 2.61. The molecule has 1 aromatic rings. The predicted octanol–water partition coefficient (Wildman–Crippen LogP) is 2.60. The third-order valence-corrected chi connectivity index (χ3v) is 2.21. The minimum Gasteiger partial charge on any atom is -0.476 e. The summed E-state index contributed by atoms with van der Waals surface area (Å²) < 4.78 is 42.0. The lowest BCUT2D eigenvalue weighted by atomic mass is 10.2. The fourth-order valence-corrected chi connectivity index (χ4v) is 1.44. The van der Waals surface area contributed by atoms with Gasteiger partial charge in [-0.15, -0.1) is 0 Å². The molecule has 1 unspecified atom stereocenters. The lowest BCUT2D eigenvalue weighted by molar-refractivity contribution is -0.136. The van der Waals surface area contributed by atoms with Crippen molar-refractivity contribution in [2.45, 2.75) is 38.9 Å². The first-order chi connectivity index (χ1) is 8.83. The summed E-state index contributed by atoms with van der Waals surface area (Å²) in [5.41, 5.74) is 5.86. The molecule has 1 heterocycles. The summed E-state index contributed by atoms with van der Waals surface area (Å²) in [6, 6.07) is -0.837. The summed E-state index contributed by atoms with van der Waals surface area (Å²) in [7, 11) is 0. The standard InChI is InChI=1S/C11H17F3N4O/c1-3-4-19-10-8(15)9(16-6-17-10)18-7(2)5-11(12,13)14/h6-7H,3-5,15H2,1-2H3,(H,16,17,18). The number of nitrogens with two attached hydrogens (primary N) is 1. The fraction of sp³-hybridized carbons (Fsp3) is 0.636. The van der Waals surface area contributed by atoms with Crippen molar-refractivity contribution in [3.8, 4) is 5.88 Å². The number of alkyl halides is 3. The van der Waals surface area contributed by atoms with Crippen LogP contribution in [0.3, 0.4) is 0 Å². The molecule has 0 bridgehead atoms. The van der Waals surface area contributed by atoms with E-state index >= 15 is 0 Å². The molecular formula is C11H17F3N4O. The summed E-state index contributed by atoms with van der Waals surface area (Å²) >= 11 is 0. The maximum atomic E-state index is 12.2. The molecule has 0 amide bonds. The largest absolute Gasteiger partial charge is 0.476 e. The van der Waals surface area contributed by atoms with E-state index in [9.17, 15) is 13.2 Å². The van der Waals surface area contributed by atoms with Gasteiger partial charge in [0.1, 0.15) is 12.0 Å². The molecule has 1 aromatic heterocycles. The molecule has 0 saturated carbocycles. The highest BCUT2D eigenvalue weighted by Crippen LogP contribution is 2.27. The van der Waals surface area contributed by atoms with Crippen LogP contribution in [0.1, 0.15) is 26.7 Å². The van der Waals surface area contributed by atoms with Crippen molar-refractivity contribution in [2.75, 3.05) is 17.7 Å². The Morgan fingerprint density at radius 2 is 2.11 bits per heavy atom. The molecule has 19 heavy (non-hydrogen) atoms. The zero-order chi connectivity index (χ0) is 14.5. The average molecular weight is 278 g/mol. The maximum Gasteiger partial charge on any atom is 0.391 e. The van der Waals surface area contributed by atoms with Gasteiger partial charge < -0.3 is 15.8 Å². The number of rotatable bonds is 6. The maximum absolute atomic E-state index is 12.2. The molecule has 0 aromatic carbocycles. The Labute approximate surface area is 109 Å². The van der Waals surface area contributed by atoms with Crippen LogP contribution in [0.4, 0.5) is 24.7 Å². The van der Waals surface area contributed by atoms with Gasteiger partial charge in [0.05, 0.1) is 13.0 Å². The van der Waals surface area contributed by atoms with Crippen LogP contribution >= 0.6 is 0 Å². The van der Waals surface area contributed by atoms with E-state index in [1.807, 2.05) is 6.92 Å². The number of hydrogen-bond donors (Lipinski definition) is 2. The van der Waals surface area contributed by atoms with E-state index in [1.165, 1.54) is 13.3 Å². The number of ether oxygens (including phenoxy) is 1. The van der Waals surface area contributed by atoms with Crippen molar-refractivity contribution < 1.29 is 17.9 Å². The first-order valence-corrected chi connectivity index (χ1v) is 5.90. The van der Waals surface area contributed by atoms with Gasteiger partial charge >= 0.3 is 6.18 Å². The highest BCUT2D eigenvalue weighted by Gasteiger charge is 2.30. The van der Waals surface area contributed by atoms with E-state index in [4.69, 9.17) is 10.5 Å². The van der Waals surface area contributed by atoms with Crippen molar-refractivity contribution in [3.05, 3.63) is 6.33 Å². The normalized spacial score (nSPS) is 13.1. The summed E-state index contributed by atoms with van der Waals surface area (Å²) in [6.07, 6.45) is -3.24. The number of anilines is 2. The van der Waals surface area contributed by atoms with Gasteiger partial charge in [-0.2, -0.15) is 18.2 Å². The second kappa shape index (κ2) is 6.44. The predicted molar refractivity (Wildman–Crippen MR) is 66.0 cm³/mol. The Kier molecular flexibility index (Phi) is 5.20. The molecule has 1 atom stereocenters. The highest BCUT2D eigenvalue weighted by atomic mass is 19.4. The van der Waals surface area contributed by atoms with Crippen LogP contribution in [0.5, 0.6) is 5.88 Å². The SMILES string of the molecule is CCCOc1ncnc(NC(C)CC(F)(F)F)c1N. The molecule has 8 heteroatoms. The minimum absolute atomic E-state index is 0.116. The van der Waals surface area contributed by atoms with Gasteiger partial charge in [0.15, 0.2) is 5.82 Å². The van der Waals surface area contributed by atoms with Gasteiger partial charge in [0, 0.05) is 6.04 Å². The molecule has 0 radical (unpaired) electrons. The van der Waals surface area contributed by atoms with Crippen LogP contribution in [-0.4, -0.2) is 28.8 Å². The van der Waals surface area contributed by atoms with Crippen LogP contribution < -0.4 is 15.8 Å². The Morgan fingerprint density at radius 1 is 1.42 bits per heavy atom. The van der Waals surface area contributed by atoms with Crippen LogP contribution in [0.2, 0.25) is 0 Å². The van der Waals surface area contributed by atoms with Crippen LogP contribution in [0, 0.1) is 0 Å². The third kappa shape index (κ3) is 5.19. The third-order valence-electron chi connectivity index (χ3n) is 2.21. The van der Waals surface area contributed by atoms with E-state index in [2.05, 4.69) is 15.3 Å².